The molecular formula is C19H16N2O4S. The molecule has 26 heavy (non-hydrogen) atoms. The molecule has 0 fully saturated rings. The predicted molar refractivity (Wildman–Crippen MR) is 100 cm³/mol. The lowest BCUT2D eigenvalue weighted by atomic mass is 10.1. The van der Waals surface area contributed by atoms with Crippen molar-refractivity contribution in [2.75, 3.05) is 5.32 Å². The van der Waals surface area contributed by atoms with Gasteiger partial charge in [0.25, 0.3) is 11.8 Å². The summed E-state index contributed by atoms with van der Waals surface area (Å²) in [7, 11) is 0. The Morgan fingerprint density at radius 2 is 1.81 bits per heavy atom. The summed E-state index contributed by atoms with van der Waals surface area (Å²) in [6.07, 6.45) is -1.03. The van der Waals surface area contributed by atoms with Crippen LogP contribution >= 0.6 is 11.3 Å². The van der Waals surface area contributed by atoms with Gasteiger partial charge in [-0.25, -0.2) is 4.79 Å². The largest absolute Gasteiger partial charge is 0.449 e. The number of nitrogens with one attached hydrogen (secondary N) is 1. The van der Waals surface area contributed by atoms with Gasteiger partial charge in [-0.05, 0) is 41.3 Å². The standard InChI is InChI=1S/C19H16N2O4S/c1-11(17(23)21-18-15(16(20)22)8-9-26-18)25-19(24)14-7-6-12-4-2-3-5-13(12)10-14/h2-11H,1H3,(H2,20,22)(H,21,23). The third kappa shape index (κ3) is 3.73. The minimum atomic E-state index is -1.03. The van der Waals surface area contributed by atoms with Crippen molar-refractivity contribution in [3.05, 3.63) is 65.0 Å². The molecule has 2 amide bonds. The zero-order chi connectivity index (χ0) is 18.7. The highest BCUT2D eigenvalue weighted by Crippen LogP contribution is 2.23. The van der Waals surface area contributed by atoms with E-state index in [1.165, 1.54) is 24.3 Å². The van der Waals surface area contributed by atoms with Crippen LogP contribution in [0.2, 0.25) is 0 Å². The van der Waals surface area contributed by atoms with E-state index in [1.807, 2.05) is 30.3 Å². The molecule has 7 heteroatoms. The van der Waals surface area contributed by atoms with Crippen LogP contribution in [-0.4, -0.2) is 23.9 Å². The van der Waals surface area contributed by atoms with Crippen molar-refractivity contribution in [1.82, 2.24) is 0 Å². The van der Waals surface area contributed by atoms with Crippen molar-refractivity contribution >= 4 is 44.9 Å². The van der Waals surface area contributed by atoms with Gasteiger partial charge in [-0.2, -0.15) is 0 Å². The summed E-state index contributed by atoms with van der Waals surface area (Å²) in [5.41, 5.74) is 5.82. The van der Waals surface area contributed by atoms with Crippen LogP contribution in [0.5, 0.6) is 0 Å². The molecule has 0 spiro atoms. The lowest BCUT2D eigenvalue weighted by Gasteiger charge is -2.13. The summed E-state index contributed by atoms with van der Waals surface area (Å²) in [6, 6.07) is 14.3. The second-order valence-electron chi connectivity index (χ2n) is 5.63. The van der Waals surface area contributed by atoms with Crippen LogP contribution in [0.25, 0.3) is 10.8 Å². The molecule has 0 aliphatic carbocycles. The van der Waals surface area contributed by atoms with Gasteiger partial charge in [-0.1, -0.05) is 30.3 Å². The van der Waals surface area contributed by atoms with E-state index < -0.39 is 23.9 Å². The first kappa shape index (κ1) is 17.6. The van der Waals surface area contributed by atoms with Crippen molar-refractivity contribution in [2.24, 2.45) is 5.73 Å². The fraction of sp³-hybridized carbons (Fsp3) is 0.105. The van der Waals surface area contributed by atoms with Crippen LogP contribution < -0.4 is 11.1 Å². The van der Waals surface area contributed by atoms with E-state index in [2.05, 4.69) is 5.32 Å². The Morgan fingerprint density at radius 3 is 2.54 bits per heavy atom. The molecular weight excluding hydrogens is 352 g/mol. The van der Waals surface area contributed by atoms with E-state index in [9.17, 15) is 14.4 Å². The zero-order valence-corrected chi connectivity index (χ0v) is 14.7. The molecule has 0 aliphatic rings. The molecule has 0 bridgehead atoms. The van der Waals surface area contributed by atoms with Gasteiger partial charge in [-0.3, -0.25) is 9.59 Å². The highest BCUT2D eigenvalue weighted by Gasteiger charge is 2.21. The quantitative estimate of drug-likeness (QED) is 0.676. The van der Waals surface area contributed by atoms with Crippen LogP contribution in [-0.2, 0) is 9.53 Å². The number of ether oxygens (including phenoxy) is 1. The Kier molecular flexibility index (Phi) is 4.99. The third-order valence-corrected chi connectivity index (χ3v) is 4.64. The summed E-state index contributed by atoms with van der Waals surface area (Å²) in [6.45, 7) is 1.46. The van der Waals surface area contributed by atoms with Gasteiger partial charge >= 0.3 is 5.97 Å². The summed E-state index contributed by atoms with van der Waals surface area (Å²) in [5, 5.41) is 6.44. The molecule has 0 saturated carbocycles. The summed E-state index contributed by atoms with van der Waals surface area (Å²) in [4.78, 5) is 35.8. The first-order valence-electron chi connectivity index (χ1n) is 7.83. The Bertz CT molecular complexity index is 996. The smallest absolute Gasteiger partial charge is 0.338 e. The Morgan fingerprint density at radius 1 is 1.08 bits per heavy atom. The first-order valence-corrected chi connectivity index (χ1v) is 8.71. The number of carbonyl (C=O) groups is 3. The first-order chi connectivity index (χ1) is 12.5. The summed E-state index contributed by atoms with van der Waals surface area (Å²) >= 11 is 1.17. The number of fused-ring (bicyclic) bond motifs is 1. The Labute approximate surface area is 153 Å². The summed E-state index contributed by atoms with van der Waals surface area (Å²) in [5.74, 6) is -1.77. The molecule has 1 atom stereocenters. The summed E-state index contributed by atoms with van der Waals surface area (Å²) < 4.78 is 5.23. The molecule has 2 aromatic carbocycles. The second-order valence-corrected chi connectivity index (χ2v) is 6.54. The molecule has 1 unspecified atom stereocenters. The Balaban J connectivity index is 1.68. The fourth-order valence-corrected chi connectivity index (χ4v) is 3.21. The van der Waals surface area contributed by atoms with Gasteiger partial charge in [0.1, 0.15) is 5.00 Å². The van der Waals surface area contributed by atoms with Crippen molar-refractivity contribution in [2.45, 2.75) is 13.0 Å². The van der Waals surface area contributed by atoms with Gasteiger partial charge in [0, 0.05) is 0 Å². The zero-order valence-electron chi connectivity index (χ0n) is 13.9. The van der Waals surface area contributed by atoms with E-state index in [-0.39, 0.29) is 5.56 Å². The number of carbonyl (C=O) groups excluding carboxylic acids is 3. The van der Waals surface area contributed by atoms with Crippen molar-refractivity contribution in [3.8, 4) is 0 Å². The van der Waals surface area contributed by atoms with E-state index in [1.54, 1.807) is 17.5 Å². The molecule has 3 N–H and O–H groups in total. The minimum Gasteiger partial charge on any atom is -0.449 e. The monoisotopic (exact) mass is 368 g/mol. The lowest BCUT2D eigenvalue weighted by molar-refractivity contribution is -0.123. The van der Waals surface area contributed by atoms with E-state index in [4.69, 9.17) is 10.5 Å². The van der Waals surface area contributed by atoms with E-state index in [0.29, 0.717) is 10.6 Å². The molecule has 1 aromatic heterocycles. The molecule has 0 radical (unpaired) electrons. The Hall–Kier alpha value is -3.19. The molecule has 3 rings (SSSR count). The number of nitrogens with two attached hydrogens (primary N) is 1. The SMILES string of the molecule is CC(OC(=O)c1ccc2ccccc2c1)C(=O)Nc1sccc1C(N)=O. The number of hydrogen-bond acceptors (Lipinski definition) is 5. The molecule has 6 nitrogen and oxygen atoms in total. The highest BCUT2D eigenvalue weighted by atomic mass is 32.1. The third-order valence-electron chi connectivity index (χ3n) is 3.81. The number of hydrogen-bond donors (Lipinski definition) is 2. The van der Waals surface area contributed by atoms with Gasteiger partial charge in [0.05, 0.1) is 11.1 Å². The van der Waals surface area contributed by atoms with Crippen molar-refractivity contribution in [1.29, 1.82) is 0 Å². The molecule has 132 valence electrons. The second kappa shape index (κ2) is 7.37. The van der Waals surface area contributed by atoms with Crippen molar-refractivity contribution in [3.63, 3.8) is 0 Å². The number of anilines is 1. The number of amides is 2. The average Bonchev–Trinajstić information content (AvgIpc) is 3.09. The average molecular weight is 368 g/mol. The maximum atomic E-state index is 12.3. The van der Waals surface area contributed by atoms with Crippen LogP contribution in [0.4, 0.5) is 5.00 Å². The van der Waals surface area contributed by atoms with Gasteiger partial charge in [0.2, 0.25) is 0 Å². The van der Waals surface area contributed by atoms with E-state index in [0.717, 1.165) is 10.8 Å². The fourth-order valence-electron chi connectivity index (χ4n) is 2.41. The maximum Gasteiger partial charge on any atom is 0.338 e. The highest BCUT2D eigenvalue weighted by molar-refractivity contribution is 7.14. The van der Waals surface area contributed by atoms with Gasteiger partial charge in [0.15, 0.2) is 6.10 Å². The predicted octanol–water partition coefficient (Wildman–Crippen LogP) is 3.18. The maximum absolute atomic E-state index is 12.3. The number of esters is 1. The number of rotatable bonds is 5. The molecule has 1 heterocycles. The van der Waals surface area contributed by atoms with Gasteiger partial charge in [-0.15, -0.1) is 11.3 Å². The van der Waals surface area contributed by atoms with E-state index >= 15 is 0 Å². The number of benzene rings is 2. The normalized spacial score (nSPS) is 11.7. The number of primary amides is 1. The topological polar surface area (TPSA) is 98.5 Å². The van der Waals surface area contributed by atoms with Gasteiger partial charge < -0.3 is 15.8 Å². The van der Waals surface area contributed by atoms with Crippen molar-refractivity contribution < 1.29 is 19.1 Å². The lowest BCUT2D eigenvalue weighted by Crippen LogP contribution is -2.30. The number of thiophene rings is 1. The minimum absolute atomic E-state index is 0.219. The van der Waals surface area contributed by atoms with Crippen LogP contribution in [0.1, 0.15) is 27.6 Å². The van der Waals surface area contributed by atoms with Crippen LogP contribution in [0.3, 0.4) is 0 Å². The van der Waals surface area contributed by atoms with Crippen LogP contribution in [0, 0.1) is 0 Å². The molecule has 0 aliphatic heterocycles. The van der Waals surface area contributed by atoms with Crippen LogP contribution in [0.15, 0.2) is 53.9 Å². The molecule has 0 saturated heterocycles. The molecule has 3 aromatic rings.